The molecule has 1 aromatic carbocycles. The Morgan fingerprint density at radius 2 is 1.89 bits per heavy atom. The summed E-state index contributed by atoms with van der Waals surface area (Å²) in [5, 5.41) is 5.25. The van der Waals surface area contributed by atoms with E-state index in [1.807, 2.05) is 13.8 Å². The normalized spacial score (nSPS) is 15.4. The summed E-state index contributed by atoms with van der Waals surface area (Å²) in [6.07, 6.45) is -2.72. The van der Waals surface area contributed by atoms with Crippen LogP contribution in [0, 0.1) is 0 Å². The molecule has 0 aliphatic carbocycles. The summed E-state index contributed by atoms with van der Waals surface area (Å²) in [5.74, 6) is 0.270. The molecule has 3 heterocycles. The zero-order valence-electron chi connectivity index (χ0n) is 15.6. The Morgan fingerprint density at radius 3 is 2.57 bits per heavy atom. The summed E-state index contributed by atoms with van der Waals surface area (Å²) in [6.45, 7) is 5.03. The summed E-state index contributed by atoms with van der Waals surface area (Å²) in [4.78, 5) is 6.18. The highest BCUT2D eigenvalue weighted by atomic mass is 19.4. The lowest BCUT2D eigenvalue weighted by atomic mass is 10.0. The third-order valence-corrected chi connectivity index (χ3v) is 5.27. The molecule has 148 valence electrons. The van der Waals surface area contributed by atoms with Crippen LogP contribution in [0.3, 0.4) is 0 Å². The molecule has 2 aromatic heterocycles. The summed E-state index contributed by atoms with van der Waals surface area (Å²) >= 11 is 0. The third kappa shape index (κ3) is 2.95. The van der Waals surface area contributed by atoms with E-state index in [0.29, 0.717) is 47.4 Å². The zero-order valence-corrected chi connectivity index (χ0v) is 15.6. The molecule has 1 aliphatic heterocycles. The molecule has 28 heavy (non-hydrogen) atoms. The van der Waals surface area contributed by atoms with Gasteiger partial charge in [-0.15, -0.1) is 0 Å². The summed E-state index contributed by atoms with van der Waals surface area (Å²) < 4.78 is 42.2. The molecule has 1 aliphatic rings. The maximum absolute atomic E-state index is 13.6. The minimum Gasteiger partial charge on any atom is -0.397 e. The average Bonchev–Trinajstić information content (AvgIpc) is 3.03. The molecule has 0 saturated heterocycles. The predicted molar refractivity (Wildman–Crippen MR) is 102 cm³/mol. The number of fused-ring (bicyclic) bond motifs is 2. The number of hydrogen-bond acceptors (Lipinski definition) is 5. The first-order chi connectivity index (χ1) is 13.2. The first kappa shape index (κ1) is 18.5. The second-order valence-corrected chi connectivity index (χ2v) is 7.33. The van der Waals surface area contributed by atoms with Crippen LogP contribution in [0.5, 0.6) is 0 Å². The number of nitrogens with two attached hydrogens (primary N) is 2. The van der Waals surface area contributed by atoms with Crippen molar-refractivity contribution in [2.75, 3.05) is 18.0 Å². The minimum absolute atomic E-state index is 0.224. The third-order valence-electron chi connectivity index (χ3n) is 5.27. The van der Waals surface area contributed by atoms with E-state index in [2.05, 4.69) is 15.0 Å². The number of benzene rings is 1. The molecule has 4 rings (SSSR count). The van der Waals surface area contributed by atoms with E-state index in [1.54, 1.807) is 18.2 Å². The van der Waals surface area contributed by atoms with Crippen LogP contribution in [-0.4, -0.2) is 32.3 Å². The van der Waals surface area contributed by atoms with E-state index in [9.17, 15) is 13.2 Å². The Morgan fingerprint density at radius 1 is 1.14 bits per heavy atom. The van der Waals surface area contributed by atoms with Crippen LogP contribution in [0.2, 0.25) is 0 Å². The number of halogens is 3. The van der Waals surface area contributed by atoms with Crippen LogP contribution in [0.15, 0.2) is 24.4 Å². The lowest BCUT2D eigenvalue weighted by Gasteiger charge is -2.31. The maximum Gasteiger partial charge on any atom is 0.435 e. The van der Waals surface area contributed by atoms with Crippen molar-refractivity contribution in [3.8, 4) is 5.69 Å². The molecule has 0 saturated carbocycles. The van der Waals surface area contributed by atoms with Crippen molar-refractivity contribution in [1.82, 2.24) is 19.7 Å². The lowest BCUT2D eigenvalue weighted by molar-refractivity contribution is -0.142. The van der Waals surface area contributed by atoms with Crippen LogP contribution in [0.4, 0.5) is 24.7 Å². The molecule has 0 unspecified atom stereocenters. The van der Waals surface area contributed by atoms with E-state index < -0.39 is 11.9 Å². The van der Waals surface area contributed by atoms with E-state index in [1.165, 1.54) is 10.9 Å². The number of rotatable bonds is 2. The van der Waals surface area contributed by atoms with Gasteiger partial charge in [-0.3, -0.25) is 4.90 Å². The Balaban J connectivity index is 1.92. The lowest BCUT2D eigenvalue weighted by Crippen LogP contribution is -2.36. The van der Waals surface area contributed by atoms with E-state index >= 15 is 0 Å². The SMILES string of the molecule is CC(C)N1CCc2c(C(F)(F)F)nn(-c3ccc4c(N)cnc(N)c4c3)c2C1. The van der Waals surface area contributed by atoms with Gasteiger partial charge < -0.3 is 11.5 Å². The fourth-order valence-corrected chi connectivity index (χ4v) is 3.73. The van der Waals surface area contributed by atoms with Crippen molar-refractivity contribution in [3.63, 3.8) is 0 Å². The van der Waals surface area contributed by atoms with Gasteiger partial charge >= 0.3 is 6.18 Å². The van der Waals surface area contributed by atoms with Gasteiger partial charge in [-0.2, -0.15) is 18.3 Å². The Bertz CT molecular complexity index is 1050. The fourth-order valence-electron chi connectivity index (χ4n) is 3.73. The largest absolute Gasteiger partial charge is 0.435 e. The number of aromatic nitrogens is 3. The first-order valence-corrected chi connectivity index (χ1v) is 9.03. The van der Waals surface area contributed by atoms with Crippen LogP contribution in [0.25, 0.3) is 16.5 Å². The molecular weight excluding hydrogens is 369 g/mol. The highest BCUT2D eigenvalue weighted by Gasteiger charge is 2.40. The van der Waals surface area contributed by atoms with Crippen molar-refractivity contribution >= 4 is 22.3 Å². The van der Waals surface area contributed by atoms with Gasteiger partial charge in [0.25, 0.3) is 0 Å². The molecule has 0 radical (unpaired) electrons. The molecule has 0 amide bonds. The second kappa shape index (κ2) is 6.37. The van der Waals surface area contributed by atoms with Crippen molar-refractivity contribution < 1.29 is 13.2 Å². The highest BCUT2D eigenvalue weighted by molar-refractivity contribution is 5.99. The predicted octanol–water partition coefficient (Wildman–Crippen LogP) is 3.37. The first-order valence-electron chi connectivity index (χ1n) is 9.03. The second-order valence-electron chi connectivity index (χ2n) is 7.33. The minimum atomic E-state index is -4.50. The van der Waals surface area contributed by atoms with Gasteiger partial charge in [-0.1, -0.05) is 0 Å². The van der Waals surface area contributed by atoms with Gasteiger partial charge in [0, 0.05) is 35.5 Å². The highest BCUT2D eigenvalue weighted by Crippen LogP contribution is 2.37. The van der Waals surface area contributed by atoms with Gasteiger partial charge in [-0.05, 0) is 38.5 Å². The van der Waals surface area contributed by atoms with Gasteiger partial charge in [0.05, 0.1) is 23.3 Å². The quantitative estimate of drug-likeness (QED) is 0.701. The van der Waals surface area contributed by atoms with Crippen molar-refractivity contribution in [3.05, 3.63) is 41.3 Å². The fraction of sp³-hybridized carbons (Fsp3) is 0.368. The van der Waals surface area contributed by atoms with Crippen molar-refractivity contribution in [2.45, 2.75) is 39.0 Å². The van der Waals surface area contributed by atoms with E-state index in [0.717, 1.165) is 0 Å². The Labute approximate surface area is 159 Å². The van der Waals surface area contributed by atoms with Gasteiger partial charge in [0.15, 0.2) is 5.69 Å². The van der Waals surface area contributed by atoms with Crippen LogP contribution >= 0.6 is 0 Å². The molecule has 3 aromatic rings. The zero-order chi connectivity index (χ0) is 20.2. The molecule has 6 nitrogen and oxygen atoms in total. The summed E-state index contributed by atoms with van der Waals surface area (Å²) in [5.41, 5.74) is 12.9. The van der Waals surface area contributed by atoms with Crippen molar-refractivity contribution in [1.29, 1.82) is 0 Å². The van der Waals surface area contributed by atoms with Gasteiger partial charge in [0.1, 0.15) is 5.82 Å². The topological polar surface area (TPSA) is 86.0 Å². The van der Waals surface area contributed by atoms with Gasteiger partial charge in [0.2, 0.25) is 0 Å². The maximum atomic E-state index is 13.6. The number of nitrogens with zero attached hydrogens (tertiary/aromatic N) is 4. The van der Waals surface area contributed by atoms with Crippen LogP contribution < -0.4 is 11.5 Å². The standard InChI is InChI=1S/C19H21F3N6/c1-10(2)27-6-5-13-16(9-27)28(26-17(13)19(20,21)22)11-3-4-12-14(7-11)18(24)25-8-15(12)23/h3-4,7-8,10H,5-6,9,23H2,1-2H3,(H2,24,25). The monoisotopic (exact) mass is 390 g/mol. The Hall–Kier alpha value is -2.81. The molecule has 4 N–H and O–H groups in total. The van der Waals surface area contributed by atoms with Gasteiger partial charge in [-0.25, -0.2) is 9.67 Å². The molecule has 0 fully saturated rings. The number of hydrogen-bond donors (Lipinski definition) is 2. The molecular formula is C19H21F3N6. The number of pyridine rings is 1. The number of alkyl halides is 3. The number of nitrogen functional groups attached to an aromatic ring is 2. The molecule has 0 atom stereocenters. The summed E-state index contributed by atoms with van der Waals surface area (Å²) in [7, 11) is 0. The van der Waals surface area contributed by atoms with Crippen molar-refractivity contribution in [2.24, 2.45) is 0 Å². The average molecular weight is 390 g/mol. The van der Waals surface area contributed by atoms with E-state index in [-0.39, 0.29) is 17.4 Å². The Kier molecular flexibility index (Phi) is 4.22. The molecule has 0 spiro atoms. The smallest absolute Gasteiger partial charge is 0.397 e. The summed E-state index contributed by atoms with van der Waals surface area (Å²) in [6, 6.07) is 5.36. The van der Waals surface area contributed by atoms with Crippen LogP contribution in [0.1, 0.15) is 30.8 Å². The molecule has 9 heteroatoms. The molecule has 0 bridgehead atoms. The van der Waals surface area contributed by atoms with E-state index in [4.69, 9.17) is 11.5 Å². The van der Waals surface area contributed by atoms with Crippen LogP contribution in [-0.2, 0) is 19.1 Å². The number of anilines is 2.